The molecule has 76 valence electrons. The van der Waals surface area contributed by atoms with E-state index in [1.54, 1.807) is 12.1 Å². The molecule has 0 heterocycles. The van der Waals surface area contributed by atoms with Gasteiger partial charge in [-0.2, -0.15) is 0 Å². The van der Waals surface area contributed by atoms with Crippen molar-refractivity contribution in [3.05, 3.63) is 23.8 Å². The van der Waals surface area contributed by atoms with Gasteiger partial charge in [0.15, 0.2) is 11.5 Å². The lowest BCUT2D eigenvalue weighted by Crippen LogP contribution is -2.12. The van der Waals surface area contributed by atoms with Gasteiger partial charge in [-0.25, -0.2) is 0 Å². The Bertz CT molecular complexity index is 334. The average molecular weight is 193 g/mol. The van der Waals surface area contributed by atoms with Gasteiger partial charge < -0.3 is 15.6 Å². The number of methoxy groups -OCH3 is 1. The Kier molecular flexibility index (Phi) is 2.33. The zero-order chi connectivity index (χ0) is 10.1. The van der Waals surface area contributed by atoms with E-state index < -0.39 is 0 Å². The predicted octanol–water partition coefficient (Wildman–Crippen LogP) is 1.81. The molecule has 1 atom stereocenters. The highest BCUT2D eigenvalue weighted by atomic mass is 16.5. The molecule has 2 rings (SSSR count). The van der Waals surface area contributed by atoms with Crippen LogP contribution in [0.15, 0.2) is 18.2 Å². The second kappa shape index (κ2) is 3.50. The van der Waals surface area contributed by atoms with Crippen LogP contribution in [-0.4, -0.2) is 12.2 Å². The fourth-order valence-electron chi connectivity index (χ4n) is 1.64. The van der Waals surface area contributed by atoms with Gasteiger partial charge in [-0.15, -0.1) is 0 Å². The highest BCUT2D eigenvalue weighted by Crippen LogP contribution is 2.41. The van der Waals surface area contributed by atoms with Gasteiger partial charge in [0.2, 0.25) is 0 Å². The summed E-state index contributed by atoms with van der Waals surface area (Å²) in [4.78, 5) is 0. The van der Waals surface area contributed by atoms with Crippen LogP contribution in [0.25, 0.3) is 0 Å². The summed E-state index contributed by atoms with van der Waals surface area (Å²) in [5, 5.41) is 9.56. The van der Waals surface area contributed by atoms with Crippen LogP contribution in [0.1, 0.15) is 24.4 Å². The van der Waals surface area contributed by atoms with Crippen LogP contribution in [0.2, 0.25) is 0 Å². The number of ether oxygens (including phenoxy) is 1. The van der Waals surface area contributed by atoms with Crippen LogP contribution in [0.4, 0.5) is 0 Å². The fourth-order valence-corrected chi connectivity index (χ4v) is 1.64. The summed E-state index contributed by atoms with van der Waals surface area (Å²) < 4.78 is 4.96. The number of hydrogen-bond donors (Lipinski definition) is 2. The summed E-state index contributed by atoms with van der Waals surface area (Å²) in [7, 11) is 1.54. The predicted molar refractivity (Wildman–Crippen MR) is 54.3 cm³/mol. The minimum Gasteiger partial charge on any atom is -0.504 e. The maximum absolute atomic E-state index is 9.56. The molecule has 1 saturated carbocycles. The number of aromatic hydroxyl groups is 1. The topological polar surface area (TPSA) is 55.5 Å². The van der Waals surface area contributed by atoms with Crippen molar-refractivity contribution >= 4 is 0 Å². The zero-order valence-corrected chi connectivity index (χ0v) is 8.23. The first-order valence-electron chi connectivity index (χ1n) is 4.85. The van der Waals surface area contributed by atoms with Crippen molar-refractivity contribution < 1.29 is 9.84 Å². The monoisotopic (exact) mass is 193 g/mol. The molecule has 0 amide bonds. The molecule has 0 saturated heterocycles. The molecule has 3 heteroatoms. The third kappa shape index (κ3) is 1.68. The van der Waals surface area contributed by atoms with Crippen LogP contribution >= 0.6 is 0 Å². The molecule has 3 N–H and O–H groups in total. The molecule has 14 heavy (non-hydrogen) atoms. The van der Waals surface area contributed by atoms with Gasteiger partial charge in [-0.3, -0.25) is 0 Å². The normalized spacial score (nSPS) is 17.9. The van der Waals surface area contributed by atoms with E-state index in [0.717, 1.165) is 5.56 Å². The first kappa shape index (κ1) is 9.34. The van der Waals surface area contributed by atoms with Crippen LogP contribution in [0.3, 0.4) is 0 Å². The van der Waals surface area contributed by atoms with Crippen molar-refractivity contribution in [3.63, 3.8) is 0 Å². The van der Waals surface area contributed by atoms with E-state index in [4.69, 9.17) is 10.5 Å². The van der Waals surface area contributed by atoms with Gasteiger partial charge in [0, 0.05) is 6.04 Å². The van der Waals surface area contributed by atoms with Crippen molar-refractivity contribution in [2.75, 3.05) is 7.11 Å². The SMILES string of the molecule is COc1ccc(C(N)C2CC2)cc1O. The first-order chi connectivity index (χ1) is 6.72. The molecule has 0 aliphatic heterocycles. The lowest BCUT2D eigenvalue weighted by atomic mass is 10.0. The molecule has 1 unspecified atom stereocenters. The molecule has 0 spiro atoms. The average Bonchev–Trinajstić information content (AvgIpc) is 3.00. The minimum atomic E-state index is 0.0619. The largest absolute Gasteiger partial charge is 0.504 e. The lowest BCUT2D eigenvalue weighted by molar-refractivity contribution is 0.372. The van der Waals surface area contributed by atoms with Gasteiger partial charge in [0.1, 0.15) is 0 Å². The Morgan fingerprint density at radius 1 is 1.50 bits per heavy atom. The summed E-state index contributed by atoms with van der Waals surface area (Å²) in [6.45, 7) is 0. The molecule has 1 aromatic carbocycles. The third-order valence-electron chi connectivity index (χ3n) is 2.72. The van der Waals surface area contributed by atoms with Crippen LogP contribution in [0, 0.1) is 5.92 Å². The quantitative estimate of drug-likeness (QED) is 0.769. The van der Waals surface area contributed by atoms with E-state index in [9.17, 15) is 5.11 Å². The highest BCUT2D eigenvalue weighted by Gasteiger charge is 2.29. The number of hydrogen-bond acceptors (Lipinski definition) is 3. The second-order valence-corrected chi connectivity index (χ2v) is 3.79. The fraction of sp³-hybridized carbons (Fsp3) is 0.455. The van der Waals surface area contributed by atoms with Crippen molar-refractivity contribution in [1.82, 2.24) is 0 Å². The molecule has 0 radical (unpaired) electrons. The smallest absolute Gasteiger partial charge is 0.160 e. The molecule has 3 nitrogen and oxygen atoms in total. The number of phenolic OH excluding ortho intramolecular Hbond substituents is 1. The van der Waals surface area contributed by atoms with E-state index in [1.165, 1.54) is 20.0 Å². The van der Waals surface area contributed by atoms with Crippen molar-refractivity contribution in [2.24, 2.45) is 11.7 Å². The van der Waals surface area contributed by atoms with Crippen LogP contribution in [-0.2, 0) is 0 Å². The summed E-state index contributed by atoms with van der Waals surface area (Å²) in [6, 6.07) is 5.43. The Hall–Kier alpha value is -1.22. The third-order valence-corrected chi connectivity index (χ3v) is 2.72. The maximum Gasteiger partial charge on any atom is 0.160 e. The van der Waals surface area contributed by atoms with E-state index in [-0.39, 0.29) is 11.8 Å². The second-order valence-electron chi connectivity index (χ2n) is 3.79. The van der Waals surface area contributed by atoms with Gasteiger partial charge in [0.25, 0.3) is 0 Å². The summed E-state index contributed by atoms with van der Waals surface area (Å²) in [6.07, 6.45) is 2.40. The van der Waals surface area contributed by atoms with E-state index in [2.05, 4.69) is 0 Å². The minimum absolute atomic E-state index is 0.0619. The van der Waals surface area contributed by atoms with Crippen molar-refractivity contribution in [2.45, 2.75) is 18.9 Å². The molecule has 1 aliphatic rings. The molecular formula is C11H15NO2. The number of benzene rings is 1. The van der Waals surface area contributed by atoms with E-state index >= 15 is 0 Å². The standard InChI is InChI=1S/C11H15NO2/c1-14-10-5-4-8(6-9(10)13)11(12)7-2-3-7/h4-7,11,13H,2-3,12H2,1H3. The number of phenols is 1. The van der Waals surface area contributed by atoms with Gasteiger partial charge in [0.05, 0.1) is 7.11 Å². The maximum atomic E-state index is 9.56. The Morgan fingerprint density at radius 3 is 2.71 bits per heavy atom. The Morgan fingerprint density at radius 2 is 2.21 bits per heavy atom. The van der Waals surface area contributed by atoms with E-state index in [1.807, 2.05) is 6.07 Å². The van der Waals surface area contributed by atoms with Gasteiger partial charge >= 0.3 is 0 Å². The summed E-state index contributed by atoms with van der Waals surface area (Å²) >= 11 is 0. The van der Waals surface area contributed by atoms with E-state index in [0.29, 0.717) is 11.7 Å². The molecule has 0 aromatic heterocycles. The highest BCUT2D eigenvalue weighted by molar-refractivity contribution is 5.42. The number of rotatable bonds is 3. The Labute approximate surface area is 83.5 Å². The van der Waals surface area contributed by atoms with Crippen LogP contribution in [0.5, 0.6) is 11.5 Å². The summed E-state index contributed by atoms with van der Waals surface area (Å²) in [5.74, 6) is 1.26. The zero-order valence-electron chi connectivity index (χ0n) is 8.23. The molecular weight excluding hydrogens is 178 g/mol. The Balaban J connectivity index is 2.22. The lowest BCUT2D eigenvalue weighted by Gasteiger charge is -2.12. The summed E-state index contributed by atoms with van der Waals surface area (Å²) in [5.41, 5.74) is 7.00. The van der Waals surface area contributed by atoms with Gasteiger partial charge in [-0.05, 0) is 36.5 Å². The molecule has 1 aliphatic carbocycles. The van der Waals surface area contributed by atoms with Gasteiger partial charge in [-0.1, -0.05) is 6.07 Å². The van der Waals surface area contributed by atoms with Crippen molar-refractivity contribution in [3.8, 4) is 11.5 Å². The first-order valence-corrected chi connectivity index (χ1v) is 4.85. The van der Waals surface area contributed by atoms with Crippen LogP contribution < -0.4 is 10.5 Å². The molecule has 1 aromatic rings. The number of nitrogens with two attached hydrogens (primary N) is 1. The molecule has 0 bridgehead atoms. The van der Waals surface area contributed by atoms with Crippen molar-refractivity contribution in [1.29, 1.82) is 0 Å². The molecule has 1 fully saturated rings.